The zero-order valence-electron chi connectivity index (χ0n) is 13.1. The van der Waals surface area contributed by atoms with Gasteiger partial charge in [0.1, 0.15) is 0 Å². The maximum Gasteiger partial charge on any atom is 0.227 e. The minimum atomic E-state index is -0.290. The van der Waals surface area contributed by atoms with Gasteiger partial charge < -0.3 is 4.90 Å². The normalized spacial score (nSPS) is 20.1. The van der Waals surface area contributed by atoms with Crippen molar-refractivity contribution in [1.29, 1.82) is 0 Å². The molecule has 1 saturated heterocycles. The maximum absolute atomic E-state index is 12.3. The SMILES string of the molecule is CN(C(=O)C(C)(C)C)C1CCN(Cc2ccccc2)C1. The Hall–Kier alpha value is -1.35. The van der Waals surface area contributed by atoms with Crippen LogP contribution in [0.25, 0.3) is 0 Å². The predicted molar refractivity (Wildman–Crippen MR) is 82.3 cm³/mol. The molecule has 0 saturated carbocycles. The van der Waals surface area contributed by atoms with Crippen LogP contribution in [0.15, 0.2) is 30.3 Å². The average Bonchev–Trinajstić information content (AvgIpc) is 2.85. The number of nitrogens with zero attached hydrogens (tertiary/aromatic N) is 2. The summed E-state index contributed by atoms with van der Waals surface area (Å²) in [6.45, 7) is 9.00. The minimum Gasteiger partial charge on any atom is -0.341 e. The minimum absolute atomic E-state index is 0.240. The highest BCUT2D eigenvalue weighted by Crippen LogP contribution is 2.23. The van der Waals surface area contributed by atoms with Gasteiger partial charge in [0, 0.05) is 38.1 Å². The topological polar surface area (TPSA) is 23.6 Å². The summed E-state index contributed by atoms with van der Waals surface area (Å²) >= 11 is 0. The summed E-state index contributed by atoms with van der Waals surface area (Å²) in [4.78, 5) is 16.7. The van der Waals surface area contributed by atoms with Crippen LogP contribution in [-0.2, 0) is 11.3 Å². The van der Waals surface area contributed by atoms with E-state index in [1.54, 1.807) is 0 Å². The Kier molecular flexibility index (Phi) is 4.48. The van der Waals surface area contributed by atoms with Gasteiger partial charge in [-0.1, -0.05) is 51.1 Å². The lowest BCUT2D eigenvalue weighted by molar-refractivity contribution is -0.140. The Morgan fingerprint density at radius 2 is 1.95 bits per heavy atom. The summed E-state index contributed by atoms with van der Waals surface area (Å²) in [5, 5.41) is 0. The largest absolute Gasteiger partial charge is 0.341 e. The van der Waals surface area contributed by atoms with Gasteiger partial charge in [0.25, 0.3) is 0 Å². The van der Waals surface area contributed by atoms with Gasteiger partial charge in [-0.05, 0) is 12.0 Å². The number of benzene rings is 1. The molecule has 0 N–H and O–H groups in total. The molecule has 1 aromatic rings. The van der Waals surface area contributed by atoms with E-state index in [4.69, 9.17) is 0 Å². The molecule has 1 unspecified atom stereocenters. The number of amides is 1. The van der Waals surface area contributed by atoms with Gasteiger partial charge in [0.2, 0.25) is 5.91 Å². The summed E-state index contributed by atoms with van der Waals surface area (Å²) < 4.78 is 0. The molecule has 2 rings (SSSR count). The fraction of sp³-hybridized carbons (Fsp3) is 0.588. The number of carbonyl (C=O) groups is 1. The van der Waals surface area contributed by atoms with Crippen LogP contribution in [0, 0.1) is 5.41 Å². The van der Waals surface area contributed by atoms with Gasteiger partial charge in [0.05, 0.1) is 0 Å². The summed E-state index contributed by atoms with van der Waals surface area (Å²) in [6.07, 6.45) is 1.07. The van der Waals surface area contributed by atoms with Gasteiger partial charge in [0.15, 0.2) is 0 Å². The van der Waals surface area contributed by atoms with Gasteiger partial charge in [-0.15, -0.1) is 0 Å². The molecule has 1 amide bonds. The zero-order chi connectivity index (χ0) is 14.8. The van der Waals surface area contributed by atoms with Gasteiger partial charge >= 0.3 is 0 Å². The molecule has 0 bridgehead atoms. The molecule has 0 radical (unpaired) electrons. The molecule has 3 heteroatoms. The van der Waals surface area contributed by atoms with Crippen molar-refractivity contribution in [2.75, 3.05) is 20.1 Å². The molecule has 3 nitrogen and oxygen atoms in total. The monoisotopic (exact) mass is 274 g/mol. The Morgan fingerprint density at radius 3 is 2.55 bits per heavy atom. The number of rotatable bonds is 3. The standard InChI is InChI=1S/C17H26N2O/c1-17(2,3)16(20)18(4)15-10-11-19(13-15)12-14-8-6-5-7-9-14/h5-9,15H,10-13H2,1-4H3. The average molecular weight is 274 g/mol. The number of carbonyl (C=O) groups excluding carboxylic acids is 1. The summed E-state index contributed by atoms with van der Waals surface area (Å²) in [5.74, 6) is 0.240. The van der Waals surface area contributed by atoms with Gasteiger partial charge in [-0.25, -0.2) is 0 Å². The van der Waals surface area contributed by atoms with Crippen molar-refractivity contribution < 1.29 is 4.79 Å². The van der Waals surface area contributed by atoms with E-state index in [1.807, 2.05) is 38.8 Å². The molecule has 1 atom stereocenters. The fourth-order valence-corrected chi connectivity index (χ4v) is 2.81. The summed E-state index contributed by atoms with van der Waals surface area (Å²) in [7, 11) is 1.95. The lowest BCUT2D eigenvalue weighted by atomic mass is 9.94. The summed E-state index contributed by atoms with van der Waals surface area (Å²) in [6, 6.07) is 10.9. The Labute approximate surface area is 122 Å². The van der Waals surface area contributed by atoms with E-state index in [0.29, 0.717) is 6.04 Å². The van der Waals surface area contributed by atoms with Crippen molar-refractivity contribution in [2.24, 2.45) is 5.41 Å². The third-order valence-electron chi connectivity index (χ3n) is 4.01. The highest BCUT2D eigenvalue weighted by molar-refractivity contribution is 5.81. The van der Waals surface area contributed by atoms with Crippen LogP contribution in [0.4, 0.5) is 0 Å². The highest BCUT2D eigenvalue weighted by Gasteiger charge is 2.33. The van der Waals surface area contributed by atoms with Gasteiger partial charge in [-0.3, -0.25) is 9.69 Å². The van der Waals surface area contributed by atoms with Crippen molar-refractivity contribution in [3.8, 4) is 0 Å². The molecule has 1 aliphatic heterocycles. The van der Waals surface area contributed by atoms with E-state index in [-0.39, 0.29) is 11.3 Å². The van der Waals surface area contributed by atoms with Crippen LogP contribution >= 0.6 is 0 Å². The van der Waals surface area contributed by atoms with Crippen LogP contribution in [0.3, 0.4) is 0 Å². The van der Waals surface area contributed by atoms with Crippen molar-refractivity contribution in [2.45, 2.75) is 39.8 Å². The van der Waals surface area contributed by atoms with Gasteiger partial charge in [-0.2, -0.15) is 0 Å². The molecule has 0 spiro atoms. The number of likely N-dealkylation sites (tertiary alicyclic amines) is 1. The van der Waals surface area contributed by atoms with E-state index < -0.39 is 0 Å². The Bertz CT molecular complexity index is 450. The molecular weight excluding hydrogens is 248 g/mol. The summed E-state index contributed by atoms with van der Waals surface area (Å²) in [5.41, 5.74) is 1.06. The molecule has 20 heavy (non-hydrogen) atoms. The lowest BCUT2D eigenvalue weighted by Gasteiger charge is -2.31. The van der Waals surface area contributed by atoms with Crippen molar-refractivity contribution >= 4 is 5.91 Å². The van der Waals surface area contributed by atoms with Crippen molar-refractivity contribution in [3.05, 3.63) is 35.9 Å². The molecule has 1 fully saturated rings. The van der Waals surface area contributed by atoms with E-state index in [1.165, 1.54) is 5.56 Å². The number of hydrogen-bond donors (Lipinski definition) is 0. The molecular formula is C17H26N2O. The fourth-order valence-electron chi connectivity index (χ4n) is 2.81. The molecule has 110 valence electrons. The molecule has 1 heterocycles. The molecule has 0 aromatic heterocycles. The molecule has 1 aliphatic rings. The Morgan fingerprint density at radius 1 is 1.30 bits per heavy atom. The number of hydrogen-bond acceptors (Lipinski definition) is 2. The first kappa shape index (κ1) is 15.0. The van der Waals surface area contributed by atoms with Crippen LogP contribution in [-0.4, -0.2) is 41.9 Å². The van der Waals surface area contributed by atoms with Crippen molar-refractivity contribution in [1.82, 2.24) is 9.80 Å². The lowest BCUT2D eigenvalue weighted by Crippen LogP contribution is -2.44. The third-order valence-corrected chi connectivity index (χ3v) is 4.01. The van der Waals surface area contributed by atoms with Crippen molar-refractivity contribution in [3.63, 3.8) is 0 Å². The first-order valence-electron chi connectivity index (χ1n) is 7.41. The quantitative estimate of drug-likeness (QED) is 0.846. The number of likely N-dealkylation sites (N-methyl/N-ethyl adjacent to an activating group) is 1. The Balaban J connectivity index is 1.91. The molecule has 1 aromatic carbocycles. The van der Waals surface area contributed by atoms with Crippen LogP contribution in [0.5, 0.6) is 0 Å². The third kappa shape index (κ3) is 3.60. The second-order valence-electron chi connectivity index (χ2n) is 6.83. The molecule has 0 aliphatic carbocycles. The maximum atomic E-state index is 12.3. The predicted octanol–water partition coefficient (Wildman–Crippen LogP) is 2.77. The zero-order valence-corrected chi connectivity index (χ0v) is 13.1. The smallest absolute Gasteiger partial charge is 0.227 e. The first-order valence-corrected chi connectivity index (χ1v) is 7.41. The highest BCUT2D eigenvalue weighted by atomic mass is 16.2. The van der Waals surface area contributed by atoms with E-state index >= 15 is 0 Å². The van der Waals surface area contributed by atoms with E-state index in [2.05, 4.69) is 29.2 Å². The van der Waals surface area contributed by atoms with Crippen LogP contribution < -0.4 is 0 Å². The second-order valence-corrected chi connectivity index (χ2v) is 6.83. The first-order chi connectivity index (χ1) is 9.38. The van der Waals surface area contributed by atoms with E-state index in [9.17, 15) is 4.79 Å². The van der Waals surface area contributed by atoms with Crippen LogP contribution in [0.2, 0.25) is 0 Å². The van der Waals surface area contributed by atoms with Crippen LogP contribution in [0.1, 0.15) is 32.8 Å². The van der Waals surface area contributed by atoms with E-state index in [0.717, 1.165) is 26.1 Å². The second kappa shape index (κ2) is 5.96.